The zero-order valence-electron chi connectivity index (χ0n) is 74.3. The van der Waals surface area contributed by atoms with E-state index in [0.29, 0.717) is 116 Å². The Kier molecular flexibility index (Phi) is 50.5. The molecule has 0 spiro atoms. The van der Waals surface area contributed by atoms with Crippen LogP contribution in [0.15, 0.2) is 0 Å². The van der Waals surface area contributed by atoms with Crippen LogP contribution in [-0.4, -0.2) is 326 Å². The van der Waals surface area contributed by atoms with E-state index in [1.807, 2.05) is 51.7 Å². The predicted octanol–water partition coefficient (Wildman–Crippen LogP) is 10.3. The molecule has 4 heterocycles. The van der Waals surface area contributed by atoms with Crippen molar-refractivity contribution < 1.29 is 98.8 Å². The van der Waals surface area contributed by atoms with Crippen LogP contribution < -0.4 is 0 Å². The van der Waals surface area contributed by atoms with E-state index < -0.39 is 70.1 Å². The SMILES string of the molecule is CC1C(SCCCCN(C)C(=O)CCCCCN(CCCCCC(=O)N(C)CCCCSC2OCC(C)(O)C(O)C2C)C(=O)CCCCCCCCCCCC(=O)N(CCCCCC(=O)N(C)CCCCSC2OCC(C)(O)C(O)C2C)CCCCCC(=O)N(C)CCCCSC2OC(CO)C(C)(O)C(C)(O)C2(C)O)OCC(C)(O)C1O. The highest BCUT2D eigenvalue weighted by Gasteiger charge is 2.65. The van der Waals surface area contributed by atoms with Crippen LogP contribution in [0.25, 0.3) is 0 Å². The van der Waals surface area contributed by atoms with Gasteiger partial charge in [-0.3, -0.25) is 28.8 Å². The lowest BCUT2D eigenvalue weighted by Crippen LogP contribution is -2.76. The summed E-state index contributed by atoms with van der Waals surface area (Å²) in [5, 5.41) is 106. The molecule has 0 aromatic heterocycles. The molecule has 4 aliphatic heterocycles. The number of aliphatic hydroxyl groups excluding tert-OH is 4. The Morgan fingerprint density at radius 1 is 0.325 bits per heavy atom. The number of amides is 6. The zero-order chi connectivity index (χ0) is 87.0. The minimum atomic E-state index is -1.95. The van der Waals surface area contributed by atoms with Crippen molar-refractivity contribution >= 4 is 82.5 Å². The normalized spacial score (nSPS) is 29.3. The molecule has 30 heteroatoms. The molecule has 4 saturated heterocycles. The Labute approximate surface area is 721 Å². The standard InChI is InChI=1S/C87H162N6O20S4/c1-65-75(101)82(4,104)62-110-78(65)114-57-39-35-49-88(10)69(95)43-27-21-31-53-92(54-32-22-28-44-70(96)89(11)50-36-40-58-115-79-66(2)76(102)83(5,105)63-111-79)73(99)47-25-19-17-15-14-16-18-20-26-48-74(100)93(55-33-23-29-45-71(97)90(12)51-37-41-59-116-80-67(3)77(103)84(6,106)64-112-80)56-34-24-30-46-72(98)91(13)52-38-42-60-117-81-86(8,108)87(9,109)85(7,107)68(61-94)113-81/h65-68,75-81,94,101-109H,14-64H2,1-13H3. The van der Waals surface area contributed by atoms with E-state index in [1.165, 1.54) is 32.5 Å². The fourth-order valence-electron chi connectivity index (χ4n) is 15.8. The summed E-state index contributed by atoms with van der Waals surface area (Å²) in [5.74, 6) is 3.14. The summed E-state index contributed by atoms with van der Waals surface area (Å²) in [5.41, 5.74) is -10.8. The minimum Gasteiger partial charge on any atom is -0.394 e. The van der Waals surface area contributed by atoms with Crippen molar-refractivity contribution in [3.8, 4) is 0 Å². The van der Waals surface area contributed by atoms with E-state index in [1.54, 1.807) is 82.7 Å². The monoisotopic (exact) mass is 1740 g/mol. The van der Waals surface area contributed by atoms with Gasteiger partial charge in [0.05, 0.1) is 44.7 Å². The summed E-state index contributed by atoms with van der Waals surface area (Å²) in [7, 11) is 7.35. The average Bonchev–Trinajstić information content (AvgIpc) is 0.721. The van der Waals surface area contributed by atoms with E-state index in [0.717, 1.165) is 184 Å². The maximum atomic E-state index is 13.9. The lowest BCUT2D eigenvalue weighted by molar-refractivity contribution is -0.326. The lowest BCUT2D eigenvalue weighted by atomic mass is 9.69. The van der Waals surface area contributed by atoms with Gasteiger partial charge in [-0.2, -0.15) is 0 Å². The van der Waals surface area contributed by atoms with Crippen LogP contribution in [0.3, 0.4) is 0 Å². The number of hydrogen-bond acceptors (Lipinski definition) is 24. The predicted molar refractivity (Wildman–Crippen MR) is 469 cm³/mol. The van der Waals surface area contributed by atoms with Crippen molar-refractivity contribution in [1.29, 1.82) is 0 Å². The van der Waals surface area contributed by atoms with Crippen LogP contribution in [0.5, 0.6) is 0 Å². The van der Waals surface area contributed by atoms with Gasteiger partial charge in [-0.1, -0.05) is 91.4 Å². The molecule has 0 radical (unpaired) electrons. The first-order valence-electron chi connectivity index (χ1n) is 44.7. The number of thioether (sulfide) groups is 4. The third-order valence-corrected chi connectivity index (χ3v) is 30.6. The molecule has 26 nitrogen and oxygen atoms in total. The molecule has 0 bridgehead atoms. The highest BCUT2D eigenvalue weighted by atomic mass is 32.2. The molecular formula is C87H162N6O20S4. The van der Waals surface area contributed by atoms with Gasteiger partial charge in [0.15, 0.2) is 0 Å². The van der Waals surface area contributed by atoms with Gasteiger partial charge in [0, 0.05) is 137 Å². The quantitative estimate of drug-likeness (QED) is 0.0253. The number of carbonyl (C=O) groups excluding carboxylic acids is 6. The third kappa shape index (κ3) is 37.0. The van der Waals surface area contributed by atoms with Gasteiger partial charge in [0.1, 0.15) is 61.5 Å². The molecule has 684 valence electrons. The second-order valence-electron chi connectivity index (χ2n) is 35.8. The van der Waals surface area contributed by atoms with Crippen LogP contribution in [0.1, 0.15) is 287 Å². The molecule has 0 aliphatic carbocycles. The molecule has 4 fully saturated rings. The van der Waals surface area contributed by atoms with E-state index in [9.17, 15) is 79.8 Å². The van der Waals surface area contributed by atoms with Gasteiger partial charge in [0.2, 0.25) is 35.4 Å². The van der Waals surface area contributed by atoms with Crippen molar-refractivity contribution in [2.24, 2.45) is 17.8 Å². The molecule has 0 aromatic rings. The summed E-state index contributed by atoms with van der Waals surface area (Å²) in [6.07, 6.45) is 24.0. The van der Waals surface area contributed by atoms with E-state index in [2.05, 4.69) is 0 Å². The maximum Gasteiger partial charge on any atom is 0.222 e. The molecule has 0 saturated carbocycles. The molecule has 0 aromatic carbocycles. The summed E-state index contributed by atoms with van der Waals surface area (Å²) in [6.45, 7) is 19.4. The molecule has 4 rings (SSSR count). The van der Waals surface area contributed by atoms with Crippen molar-refractivity contribution in [3.63, 3.8) is 0 Å². The van der Waals surface area contributed by atoms with Gasteiger partial charge in [0.25, 0.3) is 0 Å². The minimum absolute atomic E-state index is 0.0473. The first-order chi connectivity index (χ1) is 55.2. The van der Waals surface area contributed by atoms with Gasteiger partial charge in [-0.05, 0) is 180 Å². The number of aliphatic hydroxyl groups is 10. The zero-order valence-corrected chi connectivity index (χ0v) is 77.6. The first kappa shape index (κ1) is 107. The fourth-order valence-corrected chi connectivity index (χ4v) is 20.8. The second kappa shape index (κ2) is 55.2. The molecule has 6 amide bonds. The van der Waals surface area contributed by atoms with Crippen LogP contribution in [0, 0.1) is 17.8 Å². The lowest BCUT2D eigenvalue weighted by Gasteiger charge is -2.57. The summed E-state index contributed by atoms with van der Waals surface area (Å²) >= 11 is 6.23. The average molecular weight is 1740 g/mol. The number of rotatable bonds is 61. The maximum absolute atomic E-state index is 13.9. The Morgan fingerprint density at radius 2 is 0.556 bits per heavy atom. The van der Waals surface area contributed by atoms with Crippen molar-refractivity contribution in [2.75, 3.05) is 130 Å². The third-order valence-electron chi connectivity index (χ3n) is 25.0. The van der Waals surface area contributed by atoms with Gasteiger partial charge < -0.3 is 99.4 Å². The smallest absolute Gasteiger partial charge is 0.222 e. The molecule has 17 atom stereocenters. The molecular weight excluding hydrogens is 1580 g/mol. The molecule has 4 aliphatic rings. The highest BCUT2D eigenvalue weighted by molar-refractivity contribution is 8.00. The van der Waals surface area contributed by atoms with Crippen LogP contribution >= 0.6 is 47.0 Å². The largest absolute Gasteiger partial charge is 0.394 e. The van der Waals surface area contributed by atoms with Crippen LogP contribution in [-0.2, 0) is 47.7 Å². The van der Waals surface area contributed by atoms with Crippen LogP contribution in [0.2, 0.25) is 0 Å². The van der Waals surface area contributed by atoms with Crippen molar-refractivity contribution in [1.82, 2.24) is 29.4 Å². The van der Waals surface area contributed by atoms with E-state index in [4.69, 9.17) is 18.9 Å². The van der Waals surface area contributed by atoms with E-state index in [-0.39, 0.29) is 89.3 Å². The second-order valence-corrected chi connectivity index (χ2v) is 40.6. The Hall–Kier alpha value is -2.34. The molecule has 117 heavy (non-hydrogen) atoms. The highest BCUT2D eigenvalue weighted by Crippen LogP contribution is 2.48. The first-order valence-corrected chi connectivity index (χ1v) is 48.9. The molecule has 17 unspecified atom stereocenters. The number of nitrogens with zero attached hydrogens (tertiary/aromatic N) is 6. The van der Waals surface area contributed by atoms with Gasteiger partial charge in [-0.25, -0.2) is 0 Å². The fraction of sp³-hybridized carbons (Fsp3) is 0.931. The van der Waals surface area contributed by atoms with Gasteiger partial charge in [-0.15, -0.1) is 47.0 Å². The Balaban J connectivity index is 1.17. The van der Waals surface area contributed by atoms with Crippen LogP contribution in [0.4, 0.5) is 0 Å². The summed E-state index contributed by atoms with van der Waals surface area (Å²) in [6, 6.07) is 0. The molecule has 10 N–H and O–H groups in total. The van der Waals surface area contributed by atoms with E-state index >= 15 is 0 Å². The summed E-state index contributed by atoms with van der Waals surface area (Å²) in [4.78, 5) is 91.6. The Bertz CT molecular complexity index is 2740. The number of ether oxygens (including phenoxy) is 4. The van der Waals surface area contributed by atoms with Crippen molar-refractivity contribution in [3.05, 3.63) is 0 Å². The Morgan fingerprint density at radius 3 is 0.821 bits per heavy atom. The number of unbranched alkanes of at least 4 members (excludes halogenated alkanes) is 20. The topological polar surface area (TPSA) is 361 Å². The number of carbonyl (C=O) groups is 6. The van der Waals surface area contributed by atoms with Crippen molar-refractivity contribution in [2.45, 2.75) is 367 Å². The number of hydrogen-bond donors (Lipinski definition) is 10. The summed E-state index contributed by atoms with van der Waals surface area (Å²) < 4.78 is 23.4. The van der Waals surface area contributed by atoms with Gasteiger partial charge >= 0.3 is 0 Å².